The van der Waals surface area contributed by atoms with Crippen molar-refractivity contribution in [1.82, 2.24) is 20.1 Å². The third-order valence-corrected chi connectivity index (χ3v) is 6.81. The summed E-state index contributed by atoms with van der Waals surface area (Å²) in [5, 5.41) is 15.1. The molecule has 0 spiro atoms. The summed E-state index contributed by atoms with van der Waals surface area (Å²) in [6, 6.07) is 15.8. The number of nitrogens with zero attached hydrogens (tertiary/aromatic N) is 4. The molecule has 2 aliphatic rings. The average molecular weight is 494 g/mol. The lowest BCUT2D eigenvalue weighted by atomic mass is 10.0. The molecule has 0 amide bonds. The summed E-state index contributed by atoms with van der Waals surface area (Å²) < 4.78 is 11.8. The molecule has 2 atom stereocenters. The van der Waals surface area contributed by atoms with Gasteiger partial charge in [-0.3, -0.25) is 20.0 Å². The third kappa shape index (κ3) is 5.19. The number of rotatable bonds is 8. The molecule has 2 aliphatic heterocycles. The van der Waals surface area contributed by atoms with Crippen molar-refractivity contribution in [3.05, 3.63) is 82.4 Å². The van der Waals surface area contributed by atoms with Crippen LogP contribution >= 0.6 is 12.2 Å². The number of hydrogen-bond acceptors (Lipinski definition) is 7. The fourth-order valence-electron chi connectivity index (χ4n) is 4.66. The minimum absolute atomic E-state index is 0.0486. The second-order valence-corrected chi connectivity index (χ2v) is 9.02. The lowest BCUT2D eigenvalue weighted by Gasteiger charge is -2.29. The van der Waals surface area contributed by atoms with Gasteiger partial charge in [0.05, 0.1) is 29.9 Å². The lowest BCUT2D eigenvalue weighted by Crippen LogP contribution is -2.38. The Morgan fingerprint density at radius 2 is 1.89 bits per heavy atom. The van der Waals surface area contributed by atoms with E-state index in [0.29, 0.717) is 10.9 Å². The Kier molecular flexibility index (Phi) is 7.03. The quantitative estimate of drug-likeness (QED) is 0.284. The van der Waals surface area contributed by atoms with E-state index in [-0.39, 0.29) is 17.8 Å². The summed E-state index contributed by atoms with van der Waals surface area (Å²) in [5.41, 5.74) is 1.72. The van der Waals surface area contributed by atoms with Crippen LogP contribution in [0.1, 0.15) is 30.0 Å². The van der Waals surface area contributed by atoms with Gasteiger partial charge < -0.3 is 19.4 Å². The molecule has 0 saturated carbocycles. The van der Waals surface area contributed by atoms with E-state index in [1.54, 1.807) is 18.3 Å². The minimum atomic E-state index is -0.408. The standard InChI is InChI=1S/C25H27N5O4S/c31-30(32)19-7-5-18(6-8-19)21-9-10-22(34-21)24-23(20-4-1-2-11-26-20)27-25(35)29(24)13-3-12-28-14-16-33-17-15-28/h1-2,4-11,23-24H,3,12-17H2,(H,27,35). The Labute approximate surface area is 208 Å². The molecule has 10 heteroatoms. The van der Waals surface area contributed by atoms with Gasteiger partial charge in [-0.15, -0.1) is 0 Å². The average Bonchev–Trinajstić information content (AvgIpc) is 3.50. The fraction of sp³-hybridized carbons (Fsp3) is 0.360. The molecule has 2 saturated heterocycles. The number of furan rings is 1. The van der Waals surface area contributed by atoms with Gasteiger partial charge in [-0.25, -0.2) is 0 Å². The van der Waals surface area contributed by atoms with Crippen molar-refractivity contribution in [1.29, 1.82) is 0 Å². The van der Waals surface area contributed by atoms with Crippen molar-refractivity contribution in [3.63, 3.8) is 0 Å². The number of benzene rings is 1. The maximum atomic E-state index is 11.0. The highest BCUT2D eigenvalue weighted by Gasteiger charge is 2.41. The molecule has 9 nitrogen and oxygen atoms in total. The first-order valence-electron chi connectivity index (χ1n) is 11.7. The number of ether oxygens (including phenoxy) is 1. The Balaban J connectivity index is 1.38. The number of thiocarbonyl (C=S) groups is 1. The Bertz CT molecular complexity index is 1160. The van der Waals surface area contributed by atoms with Crippen LogP contribution < -0.4 is 5.32 Å². The minimum Gasteiger partial charge on any atom is -0.459 e. The van der Waals surface area contributed by atoms with Crippen LogP contribution in [0.4, 0.5) is 5.69 Å². The van der Waals surface area contributed by atoms with Crippen LogP contribution in [0.5, 0.6) is 0 Å². The summed E-state index contributed by atoms with van der Waals surface area (Å²) in [5.74, 6) is 1.42. The highest BCUT2D eigenvalue weighted by molar-refractivity contribution is 7.80. The maximum Gasteiger partial charge on any atom is 0.269 e. The summed E-state index contributed by atoms with van der Waals surface area (Å²) >= 11 is 5.75. The number of nitro groups is 1. The highest BCUT2D eigenvalue weighted by atomic mass is 32.1. The molecule has 5 rings (SSSR count). The Hall–Kier alpha value is -3.34. The zero-order chi connectivity index (χ0) is 24.2. The molecule has 1 aromatic carbocycles. The van der Waals surface area contributed by atoms with Crippen molar-refractivity contribution < 1.29 is 14.1 Å². The van der Waals surface area contributed by atoms with Gasteiger partial charge in [0.2, 0.25) is 0 Å². The number of pyridine rings is 1. The molecule has 3 aromatic rings. The highest BCUT2D eigenvalue weighted by Crippen LogP contribution is 2.40. The van der Waals surface area contributed by atoms with Gasteiger partial charge in [0, 0.05) is 50.1 Å². The number of hydrogen-bond donors (Lipinski definition) is 1. The molecule has 182 valence electrons. The van der Waals surface area contributed by atoms with E-state index in [0.717, 1.165) is 62.8 Å². The maximum absolute atomic E-state index is 11.0. The number of nitro benzene ring substituents is 1. The Morgan fingerprint density at radius 1 is 1.09 bits per heavy atom. The first kappa shape index (κ1) is 23.4. The number of morpholine rings is 1. The molecule has 4 heterocycles. The monoisotopic (exact) mass is 493 g/mol. The predicted molar refractivity (Wildman–Crippen MR) is 135 cm³/mol. The van der Waals surface area contributed by atoms with Gasteiger partial charge >= 0.3 is 0 Å². The topological polar surface area (TPSA) is 96.9 Å². The van der Waals surface area contributed by atoms with Gasteiger partial charge in [0.15, 0.2) is 5.11 Å². The normalized spacial score (nSPS) is 20.7. The van der Waals surface area contributed by atoms with Crippen molar-refractivity contribution >= 4 is 23.0 Å². The molecular formula is C25H27N5O4S. The first-order chi connectivity index (χ1) is 17.1. The van der Waals surface area contributed by atoms with Gasteiger partial charge in [-0.2, -0.15) is 0 Å². The van der Waals surface area contributed by atoms with Crippen LogP contribution in [-0.2, 0) is 4.74 Å². The third-order valence-electron chi connectivity index (χ3n) is 6.46. The van der Waals surface area contributed by atoms with Crippen LogP contribution in [0.25, 0.3) is 11.3 Å². The number of non-ortho nitro benzene ring substituents is 1. The number of nitrogens with one attached hydrogen (secondary N) is 1. The van der Waals surface area contributed by atoms with Crippen LogP contribution in [0.3, 0.4) is 0 Å². The van der Waals surface area contributed by atoms with E-state index >= 15 is 0 Å². The van der Waals surface area contributed by atoms with E-state index in [1.807, 2.05) is 30.3 Å². The van der Waals surface area contributed by atoms with Crippen molar-refractivity contribution in [2.75, 3.05) is 39.4 Å². The van der Waals surface area contributed by atoms with Crippen molar-refractivity contribution in [2.45, 2.75) is 18.5 Å². The van der Waals surface area contributed by atoms with Gasteiger partial charge in [-0.05, 0) is 55.0 Å². The van der Waals surface area contributed by atoms with Crippen LogP contribution in [-0.4, -0.2) is 64.2 Å². The molecule has 2 fully saturated rings. The molecule has 0 bridgehead atoms. The molecule has 0 aliphatic carbocycles. The smallest absolute Gasteiger partial charge is 0.269 e. The largest absolute Gasteiger partial charge is 0.459 e. The molecule has 1 N–H and O–H groups in total. The second kappa shape index (κ2) is 10.5. The molecule has 0 radical (unpaired) electrons. The summed E-state index contributed by atoms with van der Waals surface area (Å²) in [6.45, 7) is 5.25. The molecule has 2 unspecified atom stereocenters. The van der Waals surface area contributed by atoms with E-state index in [1.165, 1.54) is 12.1 Å². The predicted octanol–water partition coefficient (Wildman–Crippen LogP) is 3.94. The zero-order valence-corrected chi connectivity index (χ0v) is 20.0. The van der Waals surface area contributed by atoms with Crippen molar-refractivity contribution in [2.24, 2.45) is 0 Å². The Morgan fingerprint density at radius 3 is 2.60 bits per heavy atom. The van der Waals surface area contributed by atoms with Gasteiger partial charge in [-0.1, -0.05) is 6.07 Å². The zero-order valence-electron chi connectivity index (χ0n) is 19.2. The summed E-state index contributed by atoms with van der Waals surface area (Å²) in [4.78, 5) is 19.8. The van der Waals surface area contributed by atoms with E-state index in [4.69, 9.17) is 21.4 Å². The lowest BCUT2D eigenvalue weighted by molar-refractivity contribution is -0.384. The van der Waals surface area contributed by atoms with Gasteiger partial charge in [0.25, 0.3) is 5.69 Å². The van der Waals surface area contributed by atoms with Gasteiger partial charge in [0.1, 0.15) is 17.6 Å². The van der Waals surface area contributed by atoms with E-state index in [2.05, 4.69) is 20.1 Å². The van der Waals surface area contributed by atoms with Crippen LogP contribution in [0.2, 0.25) is 0 Å². The van der Waals surface area contributed by atoms with Crippen molar-refractivity contribution in [3.8, 4) is 11.3 Å². The summed E-state index contributed by atoms with van der Waals surface area (Å²) in [7, 11) is 0. The molecule has 35 heavy (non-hydrogen) atoms. The molecular weight excluding hydrogens is 466 g/mol. The first-order valence-corrected chi connectivity index (χ1v) is 12.1. The number of aromatic nitrogens is 1. The van der Waals surface area contributed by atoms with E-state index < -0.39 is 4.92 Å². The SMILES string of the molecule is O=[N+]([O-])c1ccc(-c2ccc(C3C(c4ccccn4)NC(=S)N3CCCN3CCOCC3)o2)cc1. The summed E-state index contributed by atoms with van der Waals surface area (Å²) in [6.07, 6.45) is 2.74. The van der Waals surface area contributed by atoms with Crippen LogP contribution in [0.15, 0.2) is 65.2 Å². The van der Waals surface area contributed by atoms with E-state index in [9.17, 15) is 10.1 Å². The fourth-order valence-corrected chi connectivity index (χ4v) is 4.99. The second-order valence-electron chi connectivity index (χ2n) is 8.63. The van der Waals surface area contributed by atoms with Crippen LogP contribution in [0, 0.1) is 10.1 Å². The molecule has 2 aromatic heterocycles.